The van der Waals surface area contributed by atoms with E-state index in [4.69, 9.17) is 0 Å². The van der Waals surface area contributed by atoms with Gasteiger partial charge in [0.25, 0.3) is 0 Å². The van der Waals surface area contributed by atoms with Crippen molar-refractivity contribution < 1.29 is 0 Å². The number of rotatable bonds is 6. The molecule has 1 aromatic heterocycles. The van der Waals surface area contributed by atoms with Crippen LogP contribution < -0.4 is 4.90 Å². The molecule has 0 saturated heterocycles. The van der Waals surface area contributed by atoms with Gasteiger partial charge in [-0.3, -0.25) is 0 Å². The van der Waals surface area contributed by atoms with E-state index in [-0.39, 0.29) is 0 Å². The van der Waals surface area contributed by atoms with Crippen LogP contribution in [-0.2, 0) is 0 Å². The van der Waals surface area contributed by atoms with Crippen molar-refractivity contribution in [1.29, 1.82) is 0 Å². The van der Waals surface area contributed by atoms with Crippen LogP contribution in [0.15, 0.2) is 188 Å². The summed E-state index contributed by atoms with van der Waals surface area (Å²) in [7, 11) is 0. The van der Waals surface area contributed by atoms with Crippen LogP contribution in [-0.4, -0.2) is 0 Å². The van der Waals surface area contributed by atoms with Crippen LogP contribution in [0.25, 0.3) is 64.3 Å². The van der Waals surface area contributed by atoms with Gasteiger partial charge in [-0.05, 0) is 87.1 Å². The molecule has 1 heterocycles. The van der Waals surface area contributed by atoms with Crippen molar-refractivity contribution in [3.05, 3.63) is 188 Å². The summed E-state index contributed by atoms with van der Waals surface area (Å²) in [6.45, 7) is 0. The lowest BCUT2D eigenvalue weighted by molar-refractivity contribution is 1.30. The first-order valence-corrected chi connectivity index (χ1v) is 17.2. The van der Waals surface area contributed by atoms with E-state index in [1.54, 1.807) is 0 Å². The molecule has 8 aromatic carbocycles. The molecule has 0 fully saturated rings. The molecular weight excluding hydrogens is 599 g/mol. The maximum atomic E-state index is 2.44. The van der Waals surface area contributed by atoms with Crippen LogP contribution in [0.3, 0.4) is 0 Å². The second-order valence-corrected chi connectivity index (χ2v) is 13.2. The van der Waals surface area contributed by atoms with E-state index in [0.29, 0.717) is 0 Å². The molecule has 0 unspecified atom stereocenters. The average molecular weight is 630 g/mol. The Morgan fingerprint density at radius 3 is 1.83 bits per heavy atom. The van der Waals surface area contributed by atoms with Gasteiger partial charge >= 0.3 is 0 Å². The molecular formula is C46H31NS. The largest absolute Gasteiger partial charge is 0.309 e. The van der Waals surface area contributed by atoms with E-state index in [1.165, 1.54) is 70.0 Å². The number of hydrogen-bond donors (Lipinski definition) is 0. The molecule has 0 N–H and O–H groups in total. The molecule has 1 nitrogen and oxygen atoms in total. The lowest BCUT2D eigenvalue weighted by atomic mass is 9.97. The van der Waals surface area contributed by atoms with E-state index in [0.717, 1.165) is 11.4 Å². The molecule has 0 radical (unpaired) electrons. The Morgan fingerprint density at radius 2 is 0.958 bits per heavy atom. The first kappa shape index (κ1) is 28.3. The molecule has 0 bridgehead atoms. The third-order valence-corrected chi connectivity index (χ3v) is 10.4. The van der Waals surface area contributed by atoms with Gasteiger partial charge in [0.2, 0.25) is 0 Å². The Hall–Kier alpha value is -5.96. The zero-order valence-corrected chi connectivity index (χ0v) is 27.1. The minimum Gasteiger partial charge on any atom is -0.309 e. The molecule has 2 heteroatoms. The SMILES string of the molecule is c1ccc(-c2ccccc2N(c2ccc(-c3cccc(-c4ccc5ccccc5c4)c3)cc2)c2cccc3sc4ccccc4c23)cc1. The van der Waals surface area contributed by atoms with Gasteiger partial charge in [0.15, 0.2) is 0 Å². The van der Waals surface area contributed by atoms with Crippen LogP contribution in [0, 0.1) is 0 Å². The standard InChI is InChI=1S/C46H31NS/c1-2-13-34(14-3-1)40-18-6-8-20-42(40)47(43-21-11-23-45-46(43)41-19-7-9-22-44(41)48-45)39-28-26-33(27-29-39)36-16-10-17-37(30-36)38-25-24-32-12-4-5-15-35(32)31-38/h1-31H. The second kappa shape index (κ2) is 12.0. The summed E-state index contributed by atoms with van der Waals surface area (Å²) in [5.41, 5.74) is 10.7. The Bertz CT molecular complexity index is 2560. The van der Waals surface area contributed by atoms with Crippen molar-refractivity contribution in [2.45, 2.75) is 0 Å². The molecule has 9 aromatic rings. The van der Waals surface area contributed by atoms with Crippen LogP contribution in [0.5, 0.6) is 0 Å². The van der Waals surface area contributed by atoms with Crippen LogP contribution in [0.1, 0.15) is 0 Å². The Morgan fingerprint density at radius 1 is 0.354 bits per heavy atom. The predicted octanol–water partition coefficient (Wildman–Crippen LogP) is 13.7. The highest BCUT2D eigenvalue weighted by molar-refractivity contribution is 7.26. The number of benzene rings is 8. The smallest absolute Gasteiger partial charge is 0.0555 e. The third kappa shape index (κ3) is 5.04. The van der Waals surface area contributed by atoms with Gasteiger partial charge in [0.1, 0.15) is 0 Å². The maximum absolute atomic E-state index is 2.44. The zero-order chi connectivity index (χ0) is 31.9. The van der Waals surface area contributed by atoms with Crippen LogP contribution in [0.2, 0.25) is 0 Å². The topological polar surface area (TPSA) is 3.24 Å². The highest BCUT2D eigenvalue weighted by Gasteiger charge is 2.21. The normalized spacial score (nSPS) is 11.3. The highest BCUT2D eigenvalue weighted by atomic mass is 32.1. The maximum Gasteiger partial charge on any atom is 0.0555 e. The molecule has 226 valence electrons. The quantitative estimate of drug-likeness (QED) is 0.177. The number of nitrogens with zero attached hydrogens (tertiary/aromatic N) is 1. The van der Waals surface area contributed by atoms with Gasteiger partial charge in [-0.1, -0.05) is 140 Å². The molecule has 48 heavy (non-hydrogen) atoms. The Balaban J connectivity index is 1.18. The van der Waals surface area contributed by atoms with E-state index in [9.17, 15) is 0 Å². The fourth-order valence-corrected chi connectivity index (χ4v) is 8.06. The number of fused-ring (bicyclic) bond motifs is 4. The summed E-state index contributed by atoms with van der Waals surface area (Å²) in [5, 5.41) is 5.09. The summed E-state index contributed by atoms with van der Waals surface area (Å²) in [4.78, 5) is 2.44. The van der Waals surface area contributed by atoms with Gasteiger partial charge < -0.3 is 4.90 Å². The van der Waals surface area contributed by atoms with Gasteiger partial charge in [-0.2, -0.15) is 0 Å². The Labute approximate surface area is 284 Å². The molecule has 0 atom stereocenters. The van der Waals surface area contributed by atoms with Gasteiger partial charge in [-0.25, -0.2) is 0 Å². The summed E-state index contributed by atoms with van der Waals surface area (Å²) in [6.07, 6.45) is 0. The molecule has 0 saturated carbocycles. The van der Waals surface area contributed by atoms with Crippen molar-refractivity contribution >= 4 is 59.3 Å². The molecule has 0 aliphatic rings. The van der Waals surface area contributed by atoms with Crippen molar-refractivity contribution in [3.8, 4) is 33.4 Å². The van der Waals surface area contributed by atoms with Crippen molar-refractivity contribution in [1.82, 2.24) is 0 Å². The van der Waals surface area contributed by atoms with Crippen molar-refractivity contribution in [2.24, 2.45) is 0 Å². The first-order valence-electron chi connectivity index (χ1n) is 16.3. The van der Waals surface area contributed by atoms with Gasteiger partial charge in [0.05, 0.1) is 11.4 Å². The minimum absolute atomic E-state index is 1.12. The average Bonchev–Trinajstić information content (AvgIpc) is 3.55. The van der Waals surface area contributed by atoms with Crippen LogP contribution >= 0.6 is 11.3 Å². The van der Waals surface area contributed by atoms with Crippen molar-refractivity contribution in [3.63, 3.8) is 0 Å². The monoisotopic (exact) mass is 629 g/mol. The van der Waals surface area contributed by atoms with Crippen LogP contribution in [0.4, 0.5) is 17.1 Å². The lowest BCUT2D eigenvalue weighted by Gasteiger charge is -2.29. The van der Waals surface area contributed by atoms with Gasteiger partial charge in [0, 0.05) is 31.4 Å². The van der Waals surface area contributed by atoms with E-state index >= 15 is 0 Å². The summed E-state index contributed by atoms with van der Waals surface area (Å²) >= 11 is 1.86. The molecule has 0 aliphatic heterocycles. The number of anilines is 3. The summed E-state index contributed by atoms with van der Waals surface area (Å²) in [6, 6.07) is 68.2. The van der Waals surface area contributed by atoms with E-state index in [2.05, 4.69) is 193 Å². The van der Waals surface area contributed by atoms with E-state index < -0.39 is 0 Å². The summed E-state index contributed by atoms with van der Waals surface area (Å²) in [5.74, 6) is 0. The molecule has 0 spiro atoms. The fourth-order valence-electron chi connectivity index (χ4n) is 6.93. The highest BCUT2D eigenvalue weighted by Crippen LogP contribution is 2.47. The zero-order valence-electron chi connectivity index (χ0n) is 26.3. The molecule has 0 amide bonds. The Kier molecular flexibility index (Phi) is 7.07. The summed E-state index contributed by atoms with van der Waals surface area (Å²) < 4.78 is 2.59. The van der Waals surface area contributed by atoms with Gasteiger partial charge in [-0.15, -0.1) is 11.3 Å². The van der Waals surface area contributed by atoms with E-state index in [1.807, 2.05) is 11.3 Å². The minimum atomic E-state index is 1.12. The predicted molar refractivity (Wildman–Crippen MR) is 208 cm³/mol. The number of thiophene rings is 1. The number of hydrogen-bond acceptors (Lipinski definition) is 2. The third-order valence-electron chi connectivity index (χ3n) is 9.26. The molecule has 0 aliphatic carbocycles. The first-order chi connectivity index (χ1) is 23.8. The second-order valence-electron chi connectivity index (χ2n) is 12.2. The van der Waals surface area contributed by atoms with Crippen molar-refractivity contribution in [2.75, 3.05) is 4.90 Å². The lowest BCUT2D eigenvalue weighted by Crippen LogP contribution is -2.11. The number of para-hydroxylation sites is 1. The molecule has 9 rings (SSSR count). The fraction of sp³-hybridized carbons (Fsp3) is 0.